The van der Waals surface area contributed by atoms with Crippen molar-refractivity contribution in [3.05, 3.63) is 44.7 Å². The van der Waals surface area contributed by atoms with E-state index in [0.29, 0.717) is 0 Å². The first-order valence-electron chi connectivity index (χ1n) is 6.70. The second-order valence-electron chi connectivity index (χ2n) is 5.11. The fraction of sp³-hybridized carbons (Fsp3) is 0.143. The standard InChI is InChI=1S/C14H6Cl3F5N4/c15-5-1-4(2-6(16)10(5)17)26-13(23)9-7(25-26)3-8(12(18)19)24-11(9)14(20,21)22/h1-3,12H,23H2. The fourth-order valence-electron chi connectivity index (χ4n) is 2.33. The molecule has 3 aromatic rings. The largest absolute Gasteiger partial charge is 0.434 e. The van der Waals surface area contributed by atoms with Gasteiger partial charge in [0.2, 0.25) is 0 Å². The third-order valence-electron chi connectivity index (χ3n) is 3.42. The van der Waals surface area contributed by atoms with E-state index in [0.717, 1.165) is 10.7 Å². The van der Waals surface area contributed by atoms with Crippen molar-refractivity contribution in [3.63, 3.8) is 0 Å². The molecule has 0 saturated heterocycles. The summed E-state index contributed by atoms with van der Waals surface area (Å²) in [6.07, 6.45) is -8.23. The van der Waals surface area contributed by atoms with Crippen LogP contribution in [-0.4, -0.2) is 14.8 Å². The number of nitrogens with two attached hydrogens (primary N) is 1. The van der Waals surface area contributed by atoms with Crippen LogP contribution in [0.2, 0.25) is 15.1 Å². The molecule has 2 heterocycles. The van der Waals surface area contributed by atoms with Gasteiger partial charge in [-0.05, 0) is 18.2 Å². The summed E-state index contributed by atoms with van der Waals surface area (Å²) in [5.74, 6) is -0.463. The molecule has 1 aromatic carbocycles. The van der Waals surface area contributed by atoms with Crippen LogP contribution >= 0.6 is 34.8 Å². The van der Waals surface area contributed by atoms with Gasteiger partial charge in [-0.25, -0.2) is 18.4 Å². The molecule has 0 fully saturated rings. The first kappa shape index (κ1) is 18.9. The maximum absolute atomic E-state index is 13.3. The lowest BCUT2D eigenvalue weighted by atomic mass is 10.2. The van der Waals surface area contributed by atoms with Crippen LogP contribution < -0.4 is 5.73 Å². The van der Waals surface area contributed by atoms with Crippen LogP contribution in [-0.2, 0) is 6.18 Å². The minimum absolute atomic E-state index is 0.00978. The second-order valence-corrected chi connectivity index (χ2v) is 6.30. The van der Waals surface area contributed by atoms with Crippen molar-refractivity contribution in [2.24, 2.45) is 0 Å². The quantitative estimate of drug-likeness (QED) is 0.405. The molecule has 12 heteroatoms. The zero-order valence-corrected chi connectivity index (χ0v) is 14.5. The Morgan fingerprint density at radius 3 is 2.12 bits per heavy atom. The van der Waals surface area contributed by atoms with Crippen molar-refractivity contribution in [2.45, 2.75) is 12.6 Å². The molecule has 138 valence electrons. The van der Waals surface area contributed by atoms with Crippen LogP contribution in [0, 0.1) is 0 Å². The first-order valence-corrected chi connectivity index (χ1v) is 7.83. The fourth-order valence-corrected chi connectivity index (χ4v) is 2.91. The SMILES string of the molecule is Nc1c2c(C(F)(F)F)nc(C(F)F)cc2nn1-c1cc(Cl)c(Cl)c(Cl)c1. The highest BCUT2D eigenvalue weighted by Gasteiger charge is 2.38. The summed E-state index contributed by atoms with van der Waals surface area (Å²) in [6.45, 7) is 0. The van der Waals surface area contributed by atoms with Crippen molar-refractivity contribution >= 4 is 51.5 Å². The molecule has 0 amide bonds. The summed E-state index contributed by atoms with van der Waals surface area (Å²) in [5, 5.41) is 3.31. The van der Waals surface area contributed by atoms with E-state index in [2.05, 4.69) is 10.1 Å². The van der Waals surface area contributed by atoms with E-state index in [4.69, 9.17) is 40.5 Å². The van der Waals surface area contributed by atoms with Crippen LogP contribution in [0.15, 0.2) is 18.2 Å². The van der Waals surface area contributed by atoms with E-state index in [9.17, 15) is 22.0 Å². The third kappa shape index (κ3) is 3.15. The van der Waals surface area contributed by atoms with Crippen LogP contribution in [0.25, 0.3) is 16.6 Å². The van der Waals surface area contributed by atoms with E-state index >= 15 is 0 Å². The predicted molar refractivity (Wildman–Crippen MR) is 88.3 cm³/mol. The van der Waals surface area contributed by atoms with Crippen molar-refractivity contribution in [2.75, 3.05) is 5.73 Å². The Labute approximate surface area is 157 Å². The lowest BCUT2D eigenvalue weighted by Gasteiger charge is -2.10. The van der Waals surface area contributed by atoms with Gasteiger partial charge in [0.15, 0.2) is 5.69 Å². The lowest BCUT2D eigenvalue weighted by Crippen LogP contribution is -2.11. The summed E-state index contributed by atoms with van der Waals surface area (Å²) in [4.78, 5) is 3.01. The highest BCUT2D eigenvalue weighted by molar-refractivity contribution is 6.48. The molecule has 26 heavy (non-hydrogen) atoms. The van der Waals surface area contributed by atoms with Crippen LogP contribution in [0.4, 0.5) is 27.8 Å². The molecule has 0 aliphatic rings. The molecular formula is C14H6Cl3F5N4. The molecule has 0 aliphatic carbocycles. The van der Waals surface area contributed by atoms with Gasteiger partial charge in [-0.3, -0.25) is 0 Å². The number of nitrogen functional groups attached to an aromatic ring is 1. The van der Waals surface area contributed by atoms with Crippen molar-refractivity contribution in [1.82, 2.24) is 14.8 Å². The molecule has 3 rings (SSSR count). The Morgan fingerprint density at radius 1 is 1.04 bits per heavy atom. The number of benzene rings is 1. The molecular weight excluding hydrogens is 426 g/mol. The van der Waals surface area contributed by atoms with E-state index in [1.54, 1.807) is 0 Å². The average Bonchev–Trinajstić information content (AvgIpc) is 2.87. The number of pyridine rings is 1. The van der Waals surface area contributed by atoms with Gasteiger partial charge in [-0.15, -0.1) is 0 Å². The first-order chi connectivity index (χ1) is 12.0. The maximum Gasteiger partial charge on any atom is 0.434 e. The number of rotatable bonds is 2. The van der Waals surface area contributed by atoms with Crippen LogP contribution in [0.1, 0.15) is 17.8 Å². The number of nitrogens with zero attached hydrogens (tertiary/aromatic N) is 3. The average molecular weight is 432 g/mol. The van der Waals surface area contributed by atoms with Gasteiger partial charge >= 0.3 is 6.18 Å². The molecule has 0 spiro atoms. The summed E-state index contributed by atoms with van der Waals surface area (Å²) in [6, 6.07) is 3.28. The van der Waals surface area contributed by atoms with E-state index < -0.39 is 40.7 Å². The number of alkyl halides is 5. The summed E-state index contributed by atoms with van der Waals surface area (Å²) in [5.41, 5.74) is 2.86. The minimum Gasteiger partial charge on any atom is -0.383 e. The molecule has 2 N–H and O–H groups in total. The minimum atomic E-state index is -5.01. The highest BCUT2D eigenvalue weighted by atomic mass is 35.5. The van der Waals surface area contributed by atoms with Crippen LogP contribution in [0.5, 0.6) is 0 Å². The summed E-state index contributed by atoms with van der Waals surface area (Å²) in [7, 11) is 0. The predicted octanol–water partition coefficient (Wildman–Crippen LogP) is 5.92. The number of hydrogen-bond donors (Lipinski definition) is 1. The van der Waals surface area contributed by atoms with Gasteiger partial charge in [0.05, 0.1) is 31.7 Å². The smallest absolute Gasteiger partial charge is 0.383 e. The summed E-state index contributed by atoms with van der Waals surface area (Å²) < 4.78 is 66.5. The van der Waals surface area contributed by atoms with Crippen LogP contribution in [0.3, 0.4) is 0 Å². The normalized spacial score (nSPS) is 12.3. The molecule has 0 aliphatic heterocycles. The topological polar surface area (TPSA) is 56.7 Å². The lowest BCUT2D eigenvalue weighted by molar-refractivity contribution is -0.140. The Balaban J connectivity index is 2.35. The van der Waals surface area contributed by atoms with E-state index in [1.165, 1.54) is 12.1 Å². The molecule has 0 radical (unpaired) electrons. The Bertz CT molecular complexity index is 993. The van der Waals surface area contributed by atoms with Gasteiger partial charge in [0.1, 0.15) is 11.5 Å². The van der Waals surface area contributed by atoms with Crippen molar-refractivity contribution < 1.29 is 22.0 Å². The molecule has 0 atom stereocenters. The summed E-state index contributed by atoms with van der Waals surface area (Å²) >= 11 is 17.6. The zero-order valence-electron chi connectivity index (χ0n) is 12.3. The number of hydrogen-bond acceptors (Lipinski definition) is 3. The number of fused-ring (bicyclic) bond motifs is 1. The van der Waals surface area contributed by atoms with Gasteiger partial charge in [-0.1, -0.05) is 34.8 Å². The molecule has 0 saturated carbocycles. The Hall–Kier alpha value is -1.84. The monoisotopic (exact) mass is 430 g/mol. The van der Waals surface area contributed by atoms with Gasteiger partial charge < -0.3 is 5.73 Å². The van der Waals surface area contributed by atoms with Gasteiger partial charge in [0, 0.05) is 0 Å². The molecule has 2 aromatic heterocycles. The Morgan fingerprint density at radius 2 is 1.62 bits per heavy atom. The molecule has 4 nitrogen and oxygen atoms in total. The second kappa shape index (κ2) is 6.40. The van der Waals surface area contributed by atoms with Crippen molar-refractivity contribution in [1.29, 1.82) is 0 Å². The number of halogens is 8. The Kier molecular flexibility index (Phi) is 4.66. The number of anilines is 1. The van der Waals surface area contributed by atoms with Gasteiger partial charge in [0.25, 0.3) is 6.43 Å². The van der Waals surface area contributed by atoms with E-state index in [1.807, 2.05) is 0 Å². The molecule has 0 bridgehead atoms. The van der Waals surface area contributed by atoms with E-state index in [-0.39, 0.29) is 20.8 Å². The maximum atomic E-state index is 13.3. The van der Waals surface area contributed by atoms with Crippen molar-refractivity contribution in [3.8, 4) is 5.69 Å². The molecule has 0 unspecified atom stereocenters. The number of aromatic nitrogens is 3. The zero-order chi connectivity index (χ0) is 19.4. The third-order valence-corrected chi connectivity index (χ3v) is 4.61. The van der Waals surface area contributed by atoms with Gasteiger partial charge in [-0.2, -0.15) is 18.3 Å². The highest BCUT2D eigenvalue weighted by Crippen LogP contribution is 2.39.